The molecule has 184 valence electrons. The van der Waals surface area contributed by atoms with E-state index in [1.54, 1.807) is 36.4 Å². The van der Waals surface area contributed by atoms with Crippen LogP contribution in [0.1, 0.15) is 37.7 Å². The Morgan fingerprint density at radius 1 is 1.17 bits per heavy atom. The summed E-state index contributed by atoms with van der Waals surface area (Å²) in [4.78, 5) is 28.9. The SMILES string of the molecule is CC(C)(C)c1nc2ccc(Br)cc2c(=O)n1N=Cc1cc([N+](=O)[O-])ccc1OCc1ccccc1F. The fourth-order valence-electron chi connectivity index (χ4n) is 3.51. The summed E-state index contributed by atoms with van der Waals surface area (Å²) >= 11 is 3.38. The molecule has 36 heavy (non-hydrogen) atoms. The molecule has 0 fully saturated rings. The Hall–Kier alpha value is -3.92. The lowest BCUT2D eigenvalue weighted by atomic mass is 9.95. The van der Waals surface area contributed by atoms with Gasteiger partial charge in [-0.25, -0.2) is 9.37 Å². The van der Waals surface area contributed by atoms with Crippen LogP contribution in [0.25, 0.3) is 10.9 Å². The van der Waals surface area contributed by atoms with Gasteiger partial charge in [0.15, 0.2) is 0 Å². The van der Waals surface area contributed by atoms with Crippen LogP contribution in [-0.2, 0) is 12.0 Å². The highest BCUT2D eigenvalue weighted by Crippen LogP contribution is 2.26. The van der Waals surface area contributed by atoms with Gasteiger partial charge in [-0.15, -0.1) is 0 Å². The number of aromatic nitrogens is 2. The average molecular weight is 553 g/mol. The second-order valence-electron chi connectivity index (χ2n) is 9.07. The van der Waals surface area contributed by atoms with Crippen molar-refractivity contribution in [3.8, 4) is 5.75 Å². The van der Waals surface area contributed by atoms with Crippen molar-refractivity contribution in [3.63, 3.8) is 0 Å². The molecule has 0 saturated heterocycles. The van der Waals surface area contributed by atoms with Gasteiger partial charge >= 0.3 is 0 Å². The monoisotopic (exact) mass is 552 g/mol. The molecule has 1 heterocycles. The van der Waals surface area contributed by atoms with E-state index < -0.39 is 16.2 Å². The highest BCUT2D eigenvalue weighted by molar-refractivity contribution is 9.10. The molecule has 0 spiro atoms. The zero-order valence-corrected chi connectivity index (χ0v) is 21.3. The van der Waals surface area contributed by atoms with Gasteiger partial charge in [0, 0.05) is 33.1 Å². The Morgan fingerprint density at radius 2 is 1.92 bits per heavy atom. The van der Waals surface area contributed by atoms with Crippen molar-refractivity contribution in [2.75, 3.05) is 0 Å². The van der Waals surface area contributed by atoms with Crippen molar-refractivity contribution >= 4 is 38.7 Å². The summed E-state index contributed by atoms with van der Waals surface area (Å²) in [5.74, 6) is 0.233. The van der Waals surface area contributed by atoms with Gasteiger partial charge in [0.05, 0.1) is 22.0 Å². The Morgan fingerprint density at radius 3 is 2.61 bits per heavy atom. The van der Waals surface area contributed by atoms with Crippen LogP contribution in [0.3, 0.4) is 0 Å². The van der Waals surface area contributed by atoms with Crippen LogP contribution in [-0.4, -0.2) is 20.8 Å². The maximum absolute atomic E-state index is 14.0. The Kier molecular flexibility index (Phi) is 6.98. The first-order valence-corrected chi connectivity index (χ1v) is 11.8. The molecular formula is C26H22BrFN4O4. The van der Waals surface area contributed by atoms with Gasteiger partial charge in [-0.05, 0) is 30.3 Å². The number of ether oxygens (including phenoxy) is 1. The van der Waals surface area contributed by atoms with Crippen LogP contribution in [0.2, 0.25) is 0 Å². The fraction of sp³-hybridized carbons (Fsp3) is 0.192. The predicted octanol–water partition coefficient (Wildman–Crippen LogP) is 5.97. The van der Waals surface area contributed by atoms with Gasteiger partial charge in [-0.1, -0.05) is 54.9 Å². The second kappa shape index (κ2) is 9.98. The molecule has 0 saturated carbocycles. The molecule has 0 bridgehead atoms. The van der Waals surface area contributed by atoms with E-state index in [1.165, 1.54) is 35.2 Å². The van der Waals surface area contributed by atoms with Crippen molar-refractivity contribution in [1.82, 2.24) is 9.66 Å². The standard InChI is InChI=1S/C26H22BrFN4O4/c1-26(2,3)25-30-22-10-8-18(27)13-20(22)24(33)31(25)29-14-17-12-19(32(34)35)9-11-23(17)36-15-16-6-4-5-7-21(16)28/h4-14H,15H2,1-3H3. The van der Waals surface area contributed by atoms with E-state index in [-0.39, 0.29) is 29.2 Å². The molecule has 10 heteroatoms. The van der Waals surface area contributed by atoms with Gasteiger partial charge in [-0.3, -0.25) is 14.9 Å². The van der Waals surface area contributed by atoms with E-state index >= 15 is 0 Å². The van der Waals surface area contributed by atoms with Gasteiger partial charge < -0.3 is 4.74 Å². The predicted molar refractivity (Wildman–Crippen MR) is 139 cm³/mol. The largest absolute Gasteiger partial charge is 0.488 e. The minimum atomic E-state index is -0.542. The minimum absolute atomic E-state index is 0.0932. The van der Waals surface area contributed by atoms with Gasteiger partial charge in [-0.2, -0.15) is 9.78 Å². The molecule has 4 rings (SSSR count). The number of non-ortho nitro benzene ring substituents is 1. The lowest BCUT2D eigenvalue weighted by molar-refractivity contribution is -0.384. The van der Waals surface area contributed by atoms with E-state index in [1.807, 2.05) is 20.8 Å². The second-order valence-corrected chi connectivity index (χ2v) is 9.98. The van der Waals surface area contributed by atoms with Crippen LogP contribution >= 0.6 is 15.9 Å². The number of hydrogen-bond acceptors (Lipinski definition) is 6. The highest BCUT2D eigenvalue weighted by atomic mass is 79.9. The zero-order chi connectivity index (χ0) is 26.0. The van der Waals surface area contributed by atoms with Crippen LogP contribution in [0, 0.1) is 15.9 Å². The first-order chi connectivity index (χ1) is 17.0. The number of nitro groups is 1. The van der Waals surface area contributed by atoms with Crippen molar-refractivity contribution in [3.05, 3.63) is 108 Å². The molecule has 0 aliphatic carbocycles. The van der Waals surface area contributed by atoms with Gasteiger partial charge in [0.1, 0.15) is 24.0 Å². The van der Waals surface area contributed by atoms with Gasteiger partial charge in [0.25, 0.3) is 11.2 Å². The lowest BCUT2D eigenvalue weighted by Crippen LogP contribution is -2.29. The Balaban J connectivity index is 1.81. The minimum Gasteiger partial charge on any atom is -0.488 e. The molecule has 0 N–H and O–H groups in total. The van der Waals surface area contributed by atoms with Crippen molar-refractivity contribution in [2.24, 2.45) is 5.10 Å². The first kappa shape index (κ1) is 25.2. The maximum Gasteiger partial charge on any atom is 0.282 e. The van der Waals surface area contributed by atoms with E-state index in [2.05, 4.69) is 26.0 Å². The summed E-state index contributed by atoms with van der Waals surface area (Å²) < 4.78 is 21.7. The molecule has 0 aliphatic heterocycles. The third-order valence-corrected chi connectivity index (χ3v) is 5.83. The molecule has 0 unspecified atom stereocenters. The summed E-state index contributed by atoms with van der Waals surface area (Å²) in [6.45, 7) is 5.62. The number of benzene rings is 3. The normalized spacial score (nSPS) is 11.8. The molecule has 3 aromatic carbocycles. The quantitative estimate of drug-likeness (QED) is 0.167. The van der Waals surface area contributed by atoms with Crippen molar-refractivity contribution in [1.29, 1.82) is 0 Å². The Bertz CT molecular complexity index is 1560. The summed E-state index contributed by atoms with van der Waals surface area (Å²) in [5, 5.41) is 16.1. The molecule has 0 amide bonds. The number of fused-ring (bicyclic) bond motifs is 1. The number of nitro benzene ring substituents is 1. The zero-order valence-electron chi connectivity index (χ0n) is 19.7. The van der Waals surface area contributed by atoms with Crippen LogP contribution in [0.15, 0.2) is 75.0 Å². The smallest absolute Gasteiger partial charge is 0.282 e. The summed E-state index contributed by atoms with van der Waals surface area (Å²) in [5.41, 5.74) is 0.00471. The molecule has 0 aliphatic rings. The Labute approximate surface area is 214 Å². The molecule has 8 nitrogen and oxygen atoms in total. The number of hydrogen-bond donors (Lipinski definition) is 0. The number of rotatable bonds is 6. The fourth-order valence-corrected chi connectivity index (χ4v) is 3.88. The molecular weight excluding hydrogens is 531 g/mol. The van der Waals surface area contributed by atoms with Crippen molar-refractivity contribution < 1.29 is 14.1 Å². The van der Waals surface area contributed by atoms with Crippen LogP contribution < -0.4 is 10.3 Å². The van der Waals surface area contributed by atoms with Crippen molar-refractivity contribution in [2.45, 2.75) is 32.8 Å². The average Bonchev–Trinajstić information content (AvgIpc) is 2.82. The van der Waals surface area contributed by atoms with Crippen LogP contribution in [0.5, 0.6) is 5.75 Å². The van der Waals surface area contributed by atoms with E-state index in [9.17, 15) is 19.3 Å². The first-order valence-electron chi connectivity index (χ1n) is 11.0. The lowest BCUT2D eigenvalue weighted by Gasteiger charge is -2.21. The van der Waals surface area contributed by atoms with E-state index in [4.69, 9.17) is 4.74 Å². The van der Waals surface area contributed by atoms with E-state index in [0.717, 1.165) is 4.47 Å². The van der Waals surface area contributed by atoms with E-state index in [0.29, 0.717) is 22.3 Å². The maximum atomic E-state index is 14.0. The summed E-state index contributed by atoms with van der Waals surface area (Å²) in [7, 11) is 0. The number of nitrogens with zero attached hydrogens (tertiary/aromatic N) is 4. The topological polar surface area (TPSA) is 99.6 Å². The summed E-state index contributed by atoms with van der Waals surface area (Å²) in [6.07, 6.45) is 1.31. The van der Waals surface area contributed by atoms with Gasteiger partial charge in [0.2, 0.25) is 0 Å². The molecule has 0 atom stereocenters. The molecule has 4 aromatic rings. The molecule has 1 aromatic heterocycles. The molecule has 0 radical (unpaired) electrons. The third kappa shape index (κ3) is 5.33. The number of halogens is 2. The highest BCUT2D eigenvalue weighted by Gasteiger charge is 2.23. The summed E-state index contributed by atoms with van der Waals surface area (Å²) in [6, 6.07) is 15.4. The van der Waals surface area contributed by atoms with Crippen LogP contribution in [0.4, 0.5) is 10.1 Å². The third-order valence-electron chi connectivity index (χ3n) is 5.34.